The van der Waals surface area contributed by atoms with Crippen LogP contribution in [-0.4, -0.2) is 41.3 Å². The van der Waals surface area contributed by atoms with E-state index >= 15 is 0 Å². The Morgan fingerprint density at radius 2 is 1.82 bits per heavy atom. The molecule has 1 saturated heterocycles. The summed E-state index contributed by atoms with van der Waals surface area (Å²) in [6, 6.07) is 14.1. The Hall–Kier alpha value is -3.58. The molecule has 5 rings (SSSR count). The summed E-state index contributed by atoms with van der Waals surface area (Å²) in [6.45, 7) is 8.14. The molecule has 0 bridgehead atoms. The molecule has 198 valence electrons. The van der Waals surface area contributed by atoms with E-state index in [0.717, 1.165) is 51.2 Å². The molecule has 2 aromatic carbocycles. The van der Waals surface area contributed by atoms with E-state index in [2.05, 4.69) is 46.5 Å². The maximum Gasteiger partial charge on any atom is 0.256 e. The van der Waals surface area contributed by atoms with Crippen molar-refractivity contribution in [2.75, 3.05) is 30.3 Å². The van der Waals surface area contributed by atoms with E-state index < -0.39 is 5.92 Å². The van der Waals surface area contributed by atoms with Crippen molar-refractivity contribution in [1.29, 1.82) is 0 Å². The molecule has 0 saturated carbocycles. The third-order valence-corrected chi connectivity index (χ3v) is 7.68. The number of pyridine rings is 1. The number of carbonyl (C=O) groups is 1. The Labute approximate surface area is 223 Å². The van der Waals surface area contributed by atoms with Crippen LogP contribution >= 0.6 is 0 Å². The molecule has 0 spiro atoms. The number of piperidine rings is 1. The van der Waals surface area contributed by atoms with Crippen molar-refractivity contribution in [3.63, 3.8) is 0 Å². The van der Waals surface area contributed by atoms with Gasteiger partial charge in [0.25, 0.3) is 11.8 Å². The number of alkyl halides is 2. The van der Waals surface area contributed by atoms with Gasteiger partial charge in [-0.15, -0.1) is 0 Å². The monoisotopic (exact) mass is 516 g/mol. The number of hydrogen-bond acceptors (Lipinski definition) is 4. The number of fused-ring (bicyclic) bond motifs is 1. The summed E-state index contributed by atoms with van der Waals surface area (Å²) in [6.07, 6.45) is 4.17. The van der Waals surface area contributed by atoms with Gasteiger partial charge < -0.3 is 10.6 Å². The average Bonchev–Trinajstić information content (AvgIpc) is 2.91. The van der Waals surface area contributed by atoms with Crippen molar-refractivity contribution < 1.29 is 13.6 Å². The zero-order chi connectivity index (χ0) is 26.9. The van der Waals surface area contributed by atoms with E-state index in [1.807, 2.05) is 43.5 Å². The van der Waals surface area contributed by atoms with Gasteiger partial charge in [0.05, 0.1) is 0 Å². The summed E-state index contributed by atoms with van der Waals surface area (Å²) in [5.41, 5.74) is 9.54. The molecule has 2 N–H and O–H groups in total. The Morgan fingerprint density at radius 3 is 2.55 bits per heavy atom. The normalized spacial score (nSPS) is 17.1. The number of amides is 1. The number of likely N-dealkylation sites (tertiary alicyclic amines) is 1. The SMILES string of the molecule is CCC1=C(C(=O)Nc2ccc(C)c(C)c2)c2cc(-c3cncc(CN4CCC(F)(F)CC4)c3)ccc2NC1. The van der Waals surface area contributed by atoms with Gasteiger partial charge in [-0.1, -0.05) is 19.1 Å². The van der Waals surface area contributed by atoms with Crippen LogP contribution in [0.15, 0.2) is 60.4 Å². The fourth-order valence-electron chi connectivity index (χ4n) is 5.19. The summed E-state index contributed by atoms with van der Waals surface area (Å²) in [7, 11) is 0. The van der Waals surface area contributed by atoms with Crippen molar-refractivity contribution in [2.24, 2.45) is 0 Å². The molecule has 3 aromatic rings. The van der Waals surface area contributed by atoms with Crippen molar-refractivity contribution in [1.82, 2.24) is 9.88 Å². The van der Waals surface area contributed by atoms with Crippen LogP contribution in [0.1, 0.15) is 48.4 Å². The number of anilines is 2. The Morgan fingerprint density at radius 1 is 1.03 bits per heavy atom. The van der Waals surface area contributed by atoms with E-state index in [1.54, 1.807) is 6.20 Å². The highest BCUT2D eigenvalue weighted by Gasteiger charge is 2.33. The number of rotatable bonds is 6. The van der Waals surface area contributed by atoms with E-state index in [-0.39, 0.29) is 18.7 Å². The van der Waals surface area contributed by atoms with Gasteiger partial charge in [-0.05, 0) is 78.4 Å². The van der Waals surface area contributed by atoms with Crippen LogP contribution in [0.3, 0.4) is 0 Å². The number of nitrogens with zero attached hydrogens (tertiary/aromatic N) is 2. The lowest BCUT2D eigenvalue weighted by Crippen LogP contribution is -2.38. The van der Waals surface area contributed by atoms with Crippen molar-refractivity contribution in [3.8, 4) is 11.1 Å². The summed E-state index contributed by atoms with van der Waals surface area (Å²) in [4.78, 5) is 20.1. The van der Waals surface area contributed by atoms with Crippen LogP contribution in [0.2, 0.25) is 0 Å². The molecule has 2 aliphatic rings. The lowest BCUT2D eigenvalue weighted by molar-refractivity contribution is -0.111. The lowest BCUT2D eigenvalue weighted by Gasteiger charge is -2.31. The number of benzene rings is 2. The molecule has 0 radical (unpaired) electrons. The number of hydrogen-bond donors (Lipinski definition) is 2. The van der Waals surface area contributed by atoms with E-state index in [9.17, 15) is 13.6 Å². The standard InChI is InChI=1S/C31H34F2N4O/c1-4-23-18-35-28-8-6-24(15-27(28)29(23)30(38)36-26-7-5-20(2)21(3)13-26)25-14-22(16-34-17-25)19-37-11-9-31(32,33)10-12-37/h5-8,13-17,35H,4,9-12,18-19H2,1-3H3,(H,36,38). The minimum Gasteiger partial charge on any atom is -0.381 e. The first-order chi connectivity index (χ1) is 18.2. The Kier molecular flexibility index (Phi) is 7.30. The molecule has 0 atom stereocenters. The quantitative estimate of drug-likeness (QED) is 0.377. The zero-order valence-electron chi connectivity index (χ0n) is 22.2. The number of aromatic nitrogens is 1. The molecule has 7 heteroatoms. The molecule has 2 aliphatic heterocycles. The predicted molar refractivity (Wildman–Crippen MR) is 149 cm³/mol. The first kappa shape index (κ1) is 26.0. The molecule has 0 unspecified atom stereocenters. The molecule has 1 fully saturated rings. The maximum absolute atomic E-state index is 13.6. The van der Waals surface area contributed by atoms with E-state index in [0.29, 0.717) is 31.8 Å². The highest BCUT2D eigenvalue weighted by molar-refractivity contribution is 6.28. The summed E-state index contributed by atoms with van der Waals surface area (Å²) in [5, 5.41) is 6.57. The van der Waals surface area contributed by atoms with Gasteiger partial charge in [0.1, 0.15) is 0 Å². The Bertz CT molecular complexity index is 1390. The smallest absolute Gasteiger partial charge is 0.256 e. The third kappa shape index (κ3) is 5.63. The van der Waals surface area contributed by atoms with Crippen LogP contribution in [0, 0.1) is 13.8 Å². The summed E-state index contributed by atoms with van der Waals surface area (Å²) in [5.74, 6) is -2.67. The van der Waals surface area contributed by atoms with Gasteiger partial charge in [-0.2, -0.15) is 0 Å². The number of halogens is 2. The van der Waals surface area contributed by atoms with E-state index in [4.69, 9.17) is 0 Å². The van der Waals surface area contributed by atoms with Gasteiger partial charge in [-0.25, -0.2) is 8.78 Å². The highest BCUT2D eigenvalue weighted by Crippen LogP contribution is 2.36. The minimum absolute atomic E-state index is 0.100. The van der Waals surface area contributed by atoms with Gasteiger partial charge >= 0.3 is 0 Å². The van der Waals surface area contributed by atoms with E-state index in [1.165, 1.54) is 5.56 Å². The van der Waals surface area contributed by atoms with Crippen molar-refractivity contribution in [2.45, 2.75) is 52.5 Å². The van der Waals surface area contributed by atoms with Crippen molar-refractivity contribution >= 4 is 22.9 Å². The Balaban J connectivity index is 1.42. The van der Waals surface area contributed by atoms with Crippen LogP contribution in [0.4, 0.5) is 20.2 Å². The fraction of sp³-hybridized carbons (Fsp3) is 0.355. The average molecular weight is 517 g/mol. The van der Waals surface area contributed by atoms with Crippen molar-refractivity contribution in [3.05, 3.63) is 82.7 Å². The maximum atomic E-state index is 13.6. The first-order valence-corrected chi connectivity index (χ1v) is 13.3. The second-order valence-corrected chi connectivity index (χ2v) is 10.4. The van der Waals surface area contributed by atoms with Gasteiger partial charge in [0, 0.05) is 79.5 Å². The molecule has 1 aromatic heterocycles. The van der Waals surface area contributed by atoms with Crippen LogP contribution in [0.5, 0.6) is 0 Å². The molecule has 38 heavy (non-hydrogen) atoms. The summed E-state index contributed by atoms with van der Waals surface area (Å²) >= 11 is 0. The second-order valence-electron chi connectivity index (χ2n) is 10.4. The van der Waals surface area contributed by atoms with Crippen LogP contribution in [-0.2, 0) is 11.3 Å². The molecule has 5 nitrogen and oxygen atoms in total. The largest absolute Gasteiger partial charge is 0.381 e. The fourth-order valence-corrected chi connectivity index (χ4v) is 5.19. The molecule has 0 aliphatic carbocycles. The minimum atomic E-state index is -2.55. The lowest BCUT2D eigenvalue weighted by atomic mass is 9.90. The topological polar surface area (TPSA) is 57.3 Å². The predicted octanol–water partition coefficient (Wildman–Crippen LogP) is 6.82. The molecule has 3 heterocycles. The first-order valence-electron chi connectivity index (χ1n) is 13.3. The van der Waals surface area contributed by atoms with Crippen LogP contribution < -0.4 is 10.6 Å². The second kappa shape index (κ2) is 10.7. The van der Waals surface area contributed by atoms with Gasteiger partial charge in [0.2, 0.25) is 0 Å². The van der Waals surface area contributed by atoms with Crippen LogP contribution in [0.25, 0.3) is 16.7 Å². The highest BCUT2D eigenvalue weighted by atomic mass is 19.3. The molecular weight excluding hydrogens is 482 g/mol. The molecule has 1 amide bonds. The van der Waals surface area contributed by atoms with Gasteiger partial charge in [0.15, 0.2) is 0 Å². The third-order valence-electron chi connectivity index (χ3n) is 7.68. The summed E-state index contributed by atoms with van der Waals surface area (Å²) < 4.78 is 27.1. The zero-order valence-corrected chi connectivity index (χ0v) is 22.2. The number of nitrogens with one attached hydrogen (secondary N) is 2. The number of aryl methyl sites for hydroxylation is 2. The number of carbonyl (C=O) groups excluding carboxylic acids is 1. The molecular formula is C31H34F2N4O. The van der Waals surface area contributed by atoms with Gasteiger partial charge in [-0.3, -0.25) is 14.7 Å².